The molecule has 0 saturated carbocycles. The molecule has 0 aliphatic rings. The molecule has 1 aromatic carbocycles. The zero-order chi connectivity index (χ0) is 26.3. The smallest absolute Gasteiger partial charge is 0.302 e. The van der Waals surface area contributed by atoms with Crippen LogP contribution < -0.4 is 10.6 Å². The molecule has 0 aliphatic carbocycles. The van der Waals surface area contributed by atoms with E-state index in [1.807, 2.05) is 6.08 Å². The third-order valence-corrected chi connectivity index (χ3v) is 5.55. The van der Waals surface area contributed by atoms with E-state index in [2.05, 4.69) is 25.6 Å². The summed E-state index contributed by atoms with van der Waals surface area (Å²) in [4.78, 5) is 32.8. The number of aliphatic hydroxyl groups is 1. The van der Waals surface area contributed by atoms with E-state index in [4.69, 9.17) is 4.74 Å². The van der Waals surface area contributed by atoms with E-state index < -0.39 is 23.0 Å². The van der Waals surface area contributed by atoms with E-state index in [9.17, 15) is 24.8 Å². The lowest BCUT2D eigenvalue weighted by Crippen LogP contribution is -2.45. The van der Waals surface area contributed by atoms with Crippen LogP contribution >= 0.6 is 0 Å². The van der Waals surface area contributed by atoms with Gasteiger partial charge >= 0.3 is 11.7 Å². The Morgan fingerprint density at radius 2 is 1.78 bits per heavy atom. The number of hydrogen-bond donors (Lipinski definition) is 3. The van der Waals surface area contributed by atoms with Crippen LogP contribution in [-0.2, 0) is 14.3 Å². The summed E-state index contributed by atoms with van der Waals surface area (Å²) < 4.78 is 9.56. The second-order valence-electron chi connectivity index (χ2n) is 8.57. The third-order valence-electron chi connectivity index (χ3n) is 5.55. The number of nitro benzene ring substituents is 1. The van der Waals surface area contributed by atoms with Gasteiger partial charge in [0, 0.05) is 26.5 Å². The summed E-state index contributed by atoms with van der Waals surface area (Å²) in [5.74, 6) is -0.765. The Morgan fingerprint density at radius 1 is 1.11 bits per heavy atom. The summed E-state index contributed by atoms with van der Waals surface area (Å²) in [6.45, 7) is 3.27. The van der Waals surface area contributed by atoms with Gasteiger partial charge in [0.05, 0.1) is 22.8 Å². The number of nitro groups is 1. The van der Waals surface area contributed by atoms with Crippen LogP contribution in [0.2, 0.25) is 0 Å². The molecular formula is C24H35N5O7. The van der Waals surface area contributed by atoms with Gasteiger partial charge in [0.2, 0.25) is 11.4 Å². The molecule has 12 heteroatoms. The summed E-state index contributed by atoms with van der Waals surface area (Å²) in [5, 5.41) is 34.5. The highest BCUT2D eigenvalue weighted by Gasteiger charge is 2.20. The number of hydrogen-bond acceptors (Lipinski definition) is 10. The minimum absolute atomic E-state index is 0.0778. The van der Waals surface area contributed by atoms with E-state index in [-0.39, 0.29) is 23.7 Å². The first-order valence-corrected chi connectivity index (χ1v) is 12.2. The lowest BCUT2D eigenvalue weighted by molar-refractivity contribution is -0.383. The number of aromatic nitrogens is 2. The number of carbonyl (C=O) groups excluding carboxylic acids is 2. The van der Waals surface area contributed by atoms with Gasteiger partial charge < -0.3 is 20.5 Å². The number of non-ortho nitro benzene ring substituents is 1. The Bertz CT molecular complexity index is 1020. The summed E-state index contributed by atoms with van der Waals surface area (Å²) >= 11 is 0. The lowest BCUT2D eigenvalue weighted by Gasteiger charge is -2.20. The number of esters is 1. The van der Waals surface area contributed by atoms with Crippen LogP contribution in [0.1, 0.15) is 65.2 Å². The van der Waals surface area contributed by atoms with Gasteiger partial charge in [0.1, 0.15) is 6.61 Å². The molecule has 0 bridgehead atoms. The van der Waals surface area contributed by atoms with Crippen LogP contribution in [-0.4, -0.2) is 57.5 Å². The highest BCUT2D eigenvalue weighted by molar-refractivity contribution is 5.93. The number of unbranched alkanes of at least 4 members (excludes halogenated alkanes) is 7. The average molecular weight is 506 g/mol. The molecule has 3 N–H and O–H groups in total. The topological polar surface area (TPSA) is 170 Å². The van der Waals surface area contributed by atoms with Crippen molar-refractivity contribution in [3.05, 3.63) is 34.4 Å². The zero-order valence-corrected chi connectivity index (χ0v) is 20.8. The number of amides is 1. The number of carbonyl (C=O) groups is 2. The maximum Gasteiger partial charge on any atom is 0.302 e. The molecular weight excluding hydrogens is 470 g/mol. The molecule has 1 amide bonds. The number of benzene rings is 1. The Morgan fingerprint density at radius 3 is 2.44 bits per heavy atom. The van der Waals surface area contributed by atoms with E-state index in [1.54, 1.807) is 12.1 Å². The van der Waals surface area contributed by atoms with Gasteiger partial charge in [-0.2, -0.15) is 0 Å². The zero-order valence-electron chi connectivity index (χ0n) is 20.8. The van der Waals surface area contributed by atoms with Crippen LogP contribution in [0.4, 0.5) is 11.4 Å². The fourth-order valence-electron chi connectivity index (χ4n) is 3.70. The molecule has 0 spiro atoms. The van der Waals surface area contributed by atoms with Crippen LogP contribution in [0.5, 0.6) is 0 Å². The van der Waals surface area contributed by atoms with Crippen molar-refractivity contribution in [1.82, 2.24) is 15.6 Å². The van der Waals surface area contributed by atoms with Crippen molar-refractivity contribution in [3.63, 3.8) is 0 Å². The number of nitrogens with one attached hydrogen (secondary N) is 2. The number of nitrogens with zero attached hydrogens (tertiary/aromatic N) is 3. The minimum Gasteiger partial charge on any atom is -0.464 e. The molecule has 2 atom stereocenters. The van der Waals surface area contributed by atoms with Crippen LogP contribution in [0.15, 0.2) is 28.9 Å². The van der Waals surface area contributed by atoms with Gasteiger partial charge in [-0.15, -0.1) is 0 Å². The standard InChI is InChI=1S/C24H35N5O7/c1-17(30)26-20(16-35-18(2)31)22(32)12-10-8-6-4-3-5-7-9-11-15-25-19-13-14-21(29(33)34)24-23(19)27-36-28-24/h10,12-14,20,22,25,32H,3-9,11,15-16H2,1-2H3,(H,26,30)/b12-10+/t20-,22+/m0/s1. The van der Waals surface area contributed by atoms with Crippen molar-refractivity contribution < 1.29 is 29.0 Å². The Kier molecular flexibility index (Phi) is 12.3. The molecule has 198 valence electrons. The molecule has 0 fully saturated rings. The van der Waals surface area contributed by atoms with E-state index in [0.29, 0.717) is 11.2 Å². The van der Waals surface area contributed by atoms with E-state index in [1.165, 1.54) is 19.9 Å². The molecule has 0 aliphatic heterocycles. The largest absolute Gasteiger partial charge is 0.464 e. The second kappa shape index (κ2) is 15.5. The third kappa shape index (κ3) is 9.98. The first kappa shape index (κ1) is 28.7. The Labute approximate surface area is 209 Å². The summed E-state index contributed by atoms with van der Waals surface area (Å²) in [6.07, 6.45) is 10.9. The Hall–Kier alpha value is -3.54. The van der Waals surface area contributed by atoms with Gasteiger partial charge in [-0.05, 0) is 35.6 Å². The number of aliphatic hydroxyl groups excluding tert-OH is 1. The van der Waals surface area contributed by atoms with E-state index in [0.717, 1.165) is 57.9 Å². The first-order valence-electron chi connectivity index (χ1n) is 12.2. The van der Waals surface area contributed by atoms with Crippen molar-refractivity contribution in [3.8, 4) is 0 Å². The van der Waals surface area contributed by atoms with E-state index >= 15 is 0 Å². The monoisotopic (exact) mass is 505 g/mol. The predicted molar refractivity (Wildman–Crippen MR) is 133 cm³/mol. The molecule has 0 saturated heterocycles. The van der Waals surface area contributed by atoms with Crippen LogP contribution in [0.25, 0.3) is 11.0 Å². The molecule has 1 aromatic heterocycles. The van der Waals surface area contributed by atoms with Gasteiger partial charge in [-0.25, -0.2) is 4.63 Å². The van der Waals surface area contributed by atoms with Crippen molar-refractivity contribution in [2.24, 2.45) is 0 Å². The molecule has 1 heterocycles. The fourth-order valence-corrected chi connectivity index (χ4v) is 3.70. The number of allylic oxidation sites excluding steroid dienone is 1. The van der Waals surface area contributed by atoms with Crippen molar-refractivity contribution >= 4 is 34.3 Å². The number of rotatable bonds is 17. The highest BCUT2D eigenvalue weighted by atomic mass is 16.6. The molecule has 0 unspecified atom stereocenters. The van der Waals surface area contributed by atoms with Gasteiger partial charge in [-0.1, -0.05) is 44.3 Å². The van der Waals surface area contributed by atoms with Crippen molar-refractivity contribution in [2.75, 3.05) is 18.5 Å². The fraction of sp³-hybridized carbons (Fsp3) is 0.583. The molecule has 2 aromatic rings. The van der Waals surface area contributed by atoms with Gasteiger partial charge in [0.15, 0.2) is 5.52 Å². The molecule has 2 rings (SSSR count). The first-order chi connectivity index (χ1) is 17.3. The van der Waals surface area contributed by atoms with Crippen LogP contribution in [0, 0.1) is 10.1 Å². The molecule has 36 heavy (non-hydrogen) atoms. The average Bonchev–Trinajstić information content (AvgIpc) is 3.32. The summed E-state index contributed by atoms with van der Waals surface area (Å²) in [5.41, 5.74) is 1.05. The molecule has 0 radical (unpaired) electrons. The normalized spacial score (nSPS) is 13.0. The summed E-state index contributed by atoms with van der Waals surface area (Å²) in [7, 11) is 0. The van der Waals surface area contributed by atoms with Gasteiger partial charge in [0.25, 0.3) is 0 Å². The number of ether oxygens (including phenoxy) is 1. The number of fused-ring (bicyclic) bond motifs is 1. The lowest BCUT2D eigenvalue weighted by atomic mass is 10.1. The highest BCUT2D eigenvalue weighted by Crippen LogP contribution is 2.28. The SMILES string of the molecule is CC(=O)N[C@@H](COC(C)=O)[C@H](O)/C=C/CCCCCCCCCNc1ccc([N+](=O)[O-])c2nonc12. The van der Waals surface area contributed by atoms with Crippen LogP contribution in [0.3, 0.4) is 0 Å². The maximum atomic E-state index is 11.3. The minimum atomic E-state index is -0.926. The second-order valence-corrected chi connectivity index (χ2v) is 8.57. The number of anilines is 1. The van der Waals surface area contributed by atoms with Crippen molar-refractivity contribution in [2.45, 2.75) is 77.4 Å². The Balaban J connectivity index is 1.54. The molecule has 12 nitrogen and oxygen atoms in total. The summed E-state index contributed by atoms with van der Waals surface area (Å²) in [6, 6.07) is 2.35. The predicted octanol–water partition coefficient (Wildman–Crippen LogP) is 3.65. The maximum absolute atomic E-state index is 11.3. The van der Waals surface area contributed by atoms with Crippen molar-refractivity contribution in [1.29, 1.82) is 0 Å². The quantitative estimate of drug-likeness (QED) is 0.0948. The van der Waals surface area contributed by atoms with Gasteiger partial charge in [-0.3, -0.25) is 19.7 Å².